The third kappa shape index (κ3) is 4.14. The van der Waals surface area contributed by atoms with E-state index >= 15 is 0 Å². The lowest BCUT2D eigenvalue weighted by Gasteiger charge is -2.29. The van der Waals surface area contributed by atoms with Gasteiger partial charge in [0.25, 0.3) is 0 Å². The molecule has 94 valence electrons. The second-order valence-corrected chi connectivity index (χ2v) is 5.10. The molecule has 0 amide bonds. The molecule has 0 aliphatic carbocycles. The van der Waals surface area contributed by atoms with Crippen LogP contribution in [-0.2, 0) is 6.42 Å². The van der Waals surface area contributed by atoms with Crippen molar-refractivity contribution >= 4 is 0 Å². The van der Waals surface area contributed by atoms with E-state index in [-0.39, 0.29) is 0 Å². The maximum Gasteiger partial charge on any atom is 0.0474 e. The molecule has 17 heavy (non-hydrogen) atoms. The van der Waals surface area contributed by atoms with E-state index in [4.69, 9.17) is 0 Å². The van der Waals surface area contributed by atoms with Crippen LogP contribution in [0.1, 0.15) is 24.8 Å². The molecule has 1 aromatic rings. The van der Waals surface area contributed by atoms with Crippen LogP contribution in [0.3, 0.4) is 0 Å². The second kappa shape index (κ2) is 6.77. The van der Waals surface area contributed by atoms with Gasteiger partial charge in [0.1, 0.15) is 0 Å². The molecule has 0 bridgehead atoms. The summed E-state index contributed by atoms with van der Waals surface area (Å²) in [6.07, 6.45) is 5.01. The monoisotopic (exact) mass is 233 g/mol. The summed E-state index contributed by atoms with van der Waals surface area (Å²) in [6.45, 7) is 3.77. The standard InChI is InChI=1S/C15H23NO/c17-13-15(11-14-7-3-1-4-8-14)12-16-9-5-2-6-10-16/h1,3-4,7-8,15,17H,2,5-6,9-13H2. The lowest BCUT2D eigenvalue weighted by atomic mass is 9.98. The molecule has 1 heterocycles. The Kier molecular flexibility index (Phi) is 5.02. The zero-order valence-electron chi connectivity index (χ0n) is 10.5. The molecule has 1 aliphatic heterocycles. The van der Waals surface area contributed by atoms with Crippen LogP contribution in [-0.4, -0.2) is 36.2 Å². The van der Waals surface area contributed by atoms with Crippen LogP contribution in [0.5, 0.6) is 0 Å². The fraction of sp³-hybridized carbons (Fsp3) is 0.600. The molecule has 1 aromatic carbocycles. The van der Waals surface area contributed by atoms with Gasteiger partial charge in [-0.15, -0.1) is 0 Å². The largest absolute Gasteiger partial charge is 0.396 e. The lowest BCUT2D eigenvalue weighted by Crippen LogP contribution is -2.36. The van der Waals surface area contributed by atoms with Gasteiger partial charge in [-0.05, 0) is 43.8 Å². The fourth-order valence-corrected chi connectivity index (χ4v) is 2.64. The predicted octanol–water partition coefficient (Wildman–Crippen LogP) is 2.32. The predicted molar refractivity (Wildman–Crippen MR) is 71.0 cm³/mol. The van der Waals surface area contributed by atoms with Crippen molar-refractivity contribution in [1.82, 2.24) is 4.90 Å². The van der Waals surface area contributed by atoms with E-state index in [0.29, 0.717) is 12.5 Å². The van der Waals surface area contributed by atoms with Crippen LogP contribution >= 0.6 is 0 Å². The van der Waals surface area contributed by atoms with Gasteiger partial charge in [0, 0.05) is 13.2 Å². The zero-order valence-corrected chi connectivity index (χ0v) is 10.5. The van der Waals surface area contributed by atoms with Gasteiger partial charge in [0.05, 0.1) is 0 Å². The summed E-state index contributed by atoms with van der Waals surface area (Å²) in [7, 11) is 0. The minimum absolute atomic E-state index is 0.297. The van der Waals surface area contributed by atoms with Crippen molar-refractivity contribution in [3.05, 3.63) is 35.9 Å². The highest BCUT2D eigenvalue weighted by Gasteiger charge is 2.16. The summed E-state index contributed by atoms with van der Waals surface area (Å²) in [5.74, 6) is 0.385. The first-order chi connectivity index (χ1) is 8.38. The molecule has 1 N–H and O–H groups in total. The summed E-state index contributed by atoms with van der Waals surface area (Å²) in [5, 5.41) is 9.49. The Morgan fingerprint density at radius 2 is 1.76 bits per heavy atom. The number of nitrogens with zero attached hydrogens (tertiary/aromatic N) is 1. The maximum absolute atomic E-state index is 9.49. The Morgan fingerprint density at radius 3 is 2.41 bits per heavy atom. The van der Waals surface area contributed by atoms with Gasteiger partial charge in [0.2, 0.25) is 0 Å². The Labute approximate surface area is 104 Å². The van der Waals surface area contributed by atoms with Gasteiger partial charge in [-0.3, -0.25) is 0 Å². The lowest BCUT2D eigenvalue weighted by molar-refractivity contribution is 0.146. The normalized spacial score (nSPS) is 19.1. The van der Waals surface area contributed by atoms with Gasteiger partial charge >= 0.3 is 0 Å². The molecule has 0 radical (unpaired) electrons. The fourth-order valence-electron chi connectivity index (χ4n) is 2.64. The summed E-state index contributed by atoms with van der Waals surface area (Å²) in [5.41, 5.74) is 1.34. The average Bonchev–Trinajstić information content (AvgIpc) is 2.40. The smallest absolute Gasteiger partial charge is 0.0474 e. The molecule has 1 aliphatic rings. The van der Waals surface area contributed by atoms with E-state index in [1.807, 2.05) is 6.07 Å². The van der Waals surface area contributed by atoms with E-state index in [0.717, 1.165) is 13.0 Å². The van der Waals surface area contributed by atoms with Crippen LogP contribution < -0.4 is 0 Å². The van der Waals surface area contributed by atoms with Gasteiger partial charge in [-0.2, -0.15) is 0 Å². The number of aliphatic hydroxyl groups excluding tert-OH is 1. The molecule has 0 saturated carbocycles. The van der Waals surface area contributed by atoms with Gasteiger partial charge in [0.15, 0.2) is 0 Å². The Balaban J connectivity index is 1.83. The number of rotatable bonds is 5. The van der Waals surface area contributed by atoms with Crippen LogP contribution in [0.2, 0.25) is 0 Å². The number of aliphatic hydroxyl groups is 1. The van der Waals surface area contributed by atoms with E-state index < -0.39 is 0 Å². The van der Waals surface area contributed by atoms with Crippen LogP contribution in [0.4, 0.5) is 0 Å². The van der Waals surface area contributed by atoms with Gasteiger partial charge in [-0.1, -0.05) is 36.8 Å². The first kappa shape index (κ1) is 12.6. The molecule has 2 heteroatoms. The van der Waals surface area contributed by atoms with Crippen molar-refractivity contribution in [2.45, 2.75) is 25.7 Å². The number of benzene rings is 1. The Bertz CT molecular complexity index is 306. The first-order valence-corrected chi connectivity index (χ1v) is 6.75. The van der Waals surface area contributed by atoms with Gasteiger partial charge < -0.3 is 10.0 Å². The molecule has 1 fully saturated rings. The highest BCUT2D eigenvalue weighted by atomic mass is 16.3. The summed E-state index contributed by atoms with van der Waals surface area (Å²) >= 11 is 0. The number of likely N-dealkylation sites (tertiary alicyclic amines) is 1. The maximum atomic E-state index is 9.49. The van der Waals surface area contributed by atoms with Gasteiger partial charge in [-0.25, -0.2) is 0 Å². The van der Waals surface area contributed by atoms with E-state index in [2.05, 4.69) is 29.2 Å². The molecule has 1 unspecified atom stereocenters. The SMILES string of the molecule is OCC(Cc1ccccc1)CN1CCCCC1. The first-order valence-electron chi connectivity index (χ1n) is 6.75. The van der Waals surface area contributed by atoms with Crippen molar-refractivity contribution in [3.8, 4) is 0 Å². The van der Waals surface area contributed by atoms with Crippen LogP contribution in [0.25, 0.3) is 0 Å². The summed E-state index contributed by atoms with van der Waals surface area (Å²) in [6, 6.07) is 10.5. The highest BCUT2D eigenvalue weighted by Crippen LogP contribution is 2.14. The van der Waals surface area contributed by atoms with E-state index in [1.165, 1.54) is 37.9 Å². The molecule has 0 spiro atoms. The zero-order chi connectivity index (χ0) is 11.9. The summed E-state index contributed by atoms with van der Waals surface area (Å²) in [4.78, 5) is 2.51. The minimum atomic E-state index is 0.297. The molecule has 2 nitrogen and oxygen atoms in total. The molecular weight excluding hydrogens is 210 g/mol. The quantitative estimate of drug-likeness (QED) is 0.843. The van der Waals surface area contributed by atoms with E-state index in [9.17, 15) is 5.11 Å². The number of piperidine rings is 1. The van der Waals surface area contributed by atoms with Crippen molar-refractivity contribution in [1.29, 1.82) is 0 Å². The Hall–Kier alpha value is -0.860. The molecule has 1 atom stereocenters. The van der Waals surface area contributed by atoms with E-state index in [1.54, 1.807) is 0 Å². The molecule has 0 aromatic heterocycles. The molecule has 2 rings (SSSR count). The van der Waals surface area contributed by atoms with Crippen LogP contribution in [0.15, 0.2) is 30.3 Å². The minimum Gasteiger partial charge on any atom is -0.396 e. The highest BCUT2D eigenvalue weighted by molar-refractivity contribution is 5.15. The van der Waals surface area contributed by atoms with Crippen molar-refractivity contribution < 1.29 is 5.11 Å². The van der Waals surface area contributed by atoms with Crippen molar-refractivity contribution in [2.24, 2.45) is 5.92 Å². The second-order valence-electron chi connectivity index (χ2n) is 5.10. The third-order valence-electron chi connectivity index (χ3n) is 3.59. The topological polar surface area (TPSA) is 23.5 Å². The van der Waals surface area contributed by atoms with Crippen molar-refractivity contribution in [3.63, 3.8) is 0 Å². The summed E-state index contributed by atoms with van der Waals surface area (Å²) < 4.78 is 0. The molecule has 1 saturated heterocycles. The third-order valence-corrected chi connectivity index (χ3v) is 3.59. The van der Waals surface area contributed by atoms with Crippen LogP contribution in [0, 0.1) is 5.92 Å². The van der Waals surface area contributed by atoms with Crippen molar-refractivity contribution in [2.75, 3.05) is 26.2 Å². The Morgan fingerprint density at radius 1 is 1.06 bits per heavy atom. The molecular formula is C15H23NO. The average molecular weight is 233 g/mol. The number of hydrogen-bond donors (Lipinski definition) is 1. The number of hydrogen-bond acceptors (Lipinski definition) is 2.